The first-order chi connectivity index (χ1) is 8.79. The van der Waals surface area contributed by atoms with E-state index in [1.54, 1.807) is 0 Å². The number of unbranched alkanes of at least 4 members (excludes halogenated alkanes) is 5. The molecule has 108 valence electrons. The molecule has 0 radical (unpaired) electrons. The lowest BCUT2D eigenvalue weighted by Gasteiger charge is -2.34. The van der Waals surface area contributed by atoms with Crippen molar-refractivity contribution in [1.29, 1.82) is 0 Å². The van der Waals surface area contributed by atoms with Gasteiger partial charge in [-0.2, -0.15) is 0 Å². The number of ether oxygens (including phenoxy) is 2. The van der Waals surface area contributed by atoms with Gasteiger partial charge in [-0.25, -0.2) is 0 Å². The van der Waals surface area contributed by atoms with Crippen molar-refractivity contribution in [3.63, 3.8) is 0 Å². The van der Waals surface area contributed by atoms with E-state index in [-0.39, 0.29) is 0 Å². The monoisotopic (exact) mass is 256 g/mol. The van der Waals surface area contributed by atoms with Crippen LogP contribution >= 0.6 is 0 Å². The summed E-state index contributed by atoms with van der Waals surface area (Å²) >= 11 is 0. The van der Waals surface area contributed by atoms with Gasteiger partial charge in [0.05, 0.1) is 12.7 Å². The fourth-order valence-corrected chi connectivity index (χ4v) is 3.54. The molecule has 2 heteroatoms. The second kappa shape index (κ2) is 8.92. The van der Waals surface area contributed by atoms with Gasteiger partial charge in [-0.3, -0.25) is 0 Å². The minimum Gasteiger partial charge on any atom is -0.384 e. The molecule has 0 spiro atoms. The lowest BCUT2D eigenvalue weighted by molar-refractivity contribution is -0.0407. The minimum atomic E-state index is 0.314. The lowest BCUT2D eigenvalue weighted by Crippen LogP contribution is -2.36. The van der Waals surface area contributed by atoms with Gasteiger partial charge < -0.3 is 9.47 Å². The Bertz CT molecular complexity index is 205. The molecule has 1 saturated carbocycles. The van der Waals surface area contributed by atoms with Crippen LogP contribution in [0.25, 0.3) is 0 Å². The van der Waals surface area contributed by atoms with E-state index in [9.17, 15) is 0 Å². The largest absolute Gasteiger partial charge is 0.384 e. The summed E-state index contributed by atoms with van der Waals surface area (Å²) in [7, 11) is 3.69. The van der Waals surface area contributed by atoms with Gasteiger partial charge in [0.2, 0.25) is 0 Å². The normalized spacial score (nSPS) is 27.8. The smallest absolute Gasteiger partial charge is 0.0649 e. The Labute approximate surface area is 113 Å². The molecule has 0 aliphatic heterocycles. The lowest BCUT2D eigenvalue weighted by atomic mass is 9.79. The van der Waals surface area contributed by atoms with Crippen molar-refractivity contribution in [2.75, 3.05) is 20.8 Å². The van der Waals surface area contributed by atoms with E-state index in [1.165, 1.54) is 64.2 Å². The molecule has 0 amide bonds. The van der Waals surface area contributed by atoms with Crippen LogP contribution in [0.4, 0.5) is 0 Å². The fraction of sp³-hybridized carbons (Fsp3) is 1.00. The van der Waals surface area contributed by atoms with Crippen molar-refractivity contribution in [1.82, 2.24) is 0 Å². The van der Waals surface area contributed by atoms with Crippen LogP contribution in [0, 0.1) is 5.41 Å². The standard InChI is InChI=1S/C16H32O2/c1-4-5-6-7-8-9-12-16(14-17-2)13-10-11-15(16)18-3/h15H,4-14H2,1-3H3. The average Bonchev–Trinajstić information content (AvgIpc) is 2.77. The van der Waals surface area contributed by atoms with E-state index < -0.39 is 0 Å². The second-order valence-corrected chi connectivity index (χ2v) is 5.93. The zero-order chi connectivity index (χ0) is 13.3. The van der Waals surface area contributed by atoms with Crippen LogP contribution in [-0.2, 0) is 9.47 Å². The van der Waals surface area contributed by atoms with Gasteiger partial charge in [-0.15, -0.1) is 0 Å². The molecular formula is C16H32O2. The van der Waals surface area contributed by atoms with E-state index >= 15 is 0 Å². The van der Waals surface area contributed by atoms with Crippen molar-refractivity contribution >= 4 is 0 Å². The minimum absolute atomic E-state index is 0.314. The van der Waals surface area contributed by atoms with Crippen LogP contribution < -0.4 is 0 Å². The third-order valence-corrected chi connectivity index (χ3v) is 4.57. The van der Waals surface area contributed by atoms with E-state index in [0.29, 0.717) is 11.5 Å². The van der Waals surface area contributed by atoms with Crippen molar-refractivity contribution in [3.05, 3.63) is 0 Å². The maximum atomic E-state index is 5.70. The average molecular weight is 256 g/mol. The molecule has 1 fully saturated rings. The Balaban J connectivity index is 2.29. The van der Waals surface area contributed by atoms with Gasteiger partial charge in [0.25, 0.3) is 0 Å². The molecule has 1 rings (SSSR count). The van der Waals surface area contributed by atoms with Crippen LogP contribution in [0.3, 0.4) is 0 Å². The summed E-state index contributed by atoms with van der Waals surface area (Å²) in [6.45, 7) is 3.15. The quantitative estimate of drug-likeness (QED) is 0.533. The number of methoxy groups -OCH3 is 2. The first-order valence-electron chi connectivity index (χ1n) is 7.81. The van der Waals surface area contributed by atoms with Gasteiger partial charge in [-0.1, -0.05) is 51.9 Å². The SMILES string of the molecule is CCCCCCCCC1(COC)CCCC1OC. The molecule has 0 aromatic rings. The number of hydrogen-bond acceptors (Lipinski definition) is 2. The highest BCUT2D eigenvalue weighted by atomic mass is 16.5. The van der Waals surface area contributed by atoms with E-state index in [4.69, 9.17) is 9.47 Å². The maximum absolute atomic E-state index is 5.70. The van der Waals surface area contributed by atoms with Gasteiger partial charge in [-0.05, 0) is 19.3 Å². The third kappa shape index (κ3) is 4.55. The van der Waals surface area contributed by atoms with E-state index in [0.717, 1.165) is 6.61 Å². The highest BCUT2D eigenvalue weighted by Crippen LogP contribution is 2.44. The van der Waals surface area contributed by atoms with Crippen molar-refractivity contribution in [2.24, 2.45) is 5.41 Å². The topological polar surface area (TPSA) is 18.5 Å². The number of hydrogen-bond donors (Lipinski definition) is 0. The first-order valence-corrected chi connectivity index (χ1v) is 7.81. The molecule has 2 nitrogen and oxygen atoms in total. The Kier molecular flexibility index (Phi) is 7.92. The zero-order valence-corrected chi connectivity index (χ0v) is 12.7. The predicted molar refractivity (Wildman–Crippen MR) is 77.0 cm³/mol. The van der Waals surface area contributed by atoms with Crippen LogP contribution in [0.1, 0.15) is 71.1 Å². The molecule has 1 aliphatic carbocycles. The fourth-order valence-electron chi connectivity index (χ4n) is 3.54. The summed E-state index contributed by atoms with van der Waals surface area (Å²) in [5, 5.41) is 0. The van der Waals surface area contributed by atoms with Crippen LogP contribution in [-0.4, -0.2) is 26.9 Å². The summed E-state index contributed by atoms with van der Waals surface area (Å²) < 4.78 is 11.2. The molecule has 2 atom stereocenters. The molecule has 0 aromatic heterocycles. The summed E-state index contributed by atoms with van der Waals surface area (Å²) in [5.41, 5.74) is 0.314. The molecule has 0 aromatic carbocycles. The zero-order valence-electron chi connectivity index (χ0n) is 12.7. The van der Waals surface area contributed by atoms with Crippen molar-refractivity contribution in [3.8, 4) is 0 Å². The third-order valence-electron chi connectivity index (χ3n) is 4.57. The predicted octanol–water partition coefficient (Wildman–Crippen LogP) is 4.57. The summed E-state index contributed by atoms with van der Waals surface area (Å²) in [5.74, 6) is 0. The molecule has 1 aliphatic rings. The second-order valence-electron chi connectivity index (χ2n) is 5.93. The van der Waals surface area contributed by atoms with Gasteiger partial charge >= 0.3 is 0 Å². The van der Waals surface area contributed by atoms with Crippen LogP contribution in [0.15, 0.2) is 0 Å². The highest BCUT2D eigenvalue weighted by molar-refractivity contribution is 4.92. The number of rotatable bonds is 10. The van der Waals surface area contributed by atoms with Crippen molar-refractivity contribution in [2.45, 2.75) is 77.2 Å². The van der Waals surface area contributed by atoms with Gasteiger partial charge in [0.1, 0.15) is 0 Å². The molecule has 2 unspecified atom stereocenters. The Morgan fingerprint density at radius 3 is 2.44 bits per heavy atom. The Morgan fingerprint density at radius 1 is 1.06 bits per heavy atom. The molecule has 0 N–H and O–H groups in total. The molecular weight excluding hydrogens is 224 g/mol. The molecule has 0 saturated heterocycles. The molecule has 0 bridgehead atoms. The van der Waals surface area contributed by atoms with E-state index in [2.05, 4.69) is 6.92 Å². The summed E-state index contributed by atoms with van der Waals surface area (Å²) in [6, 6.07) is 0. The van der Waals surface area contributed by atoms with Gasteiger partial charge in [0, 0.05) is 19.6 Å². The molecule has 0 heterocycles. The Hall–Kier alpha value is -0.0800. The summed E-state index contributed by atoms with van der Waals surface area (Å²) in [6.07, 6.45) is 13.8. The van der Waals surface area contributed by atoms with Crippen LogP contribution in [0.2, 0.25) is 0 Å². The highest BCUT2D eigenvalue weighted by Gasteiger charge is 2.42. The van der Waals surface area contributed by atoms with Crippen LogP contribution in [0.5, 0.6) is 0 Å². The summed E-state index contributed by atoms with van der Waals surface area (Å²) in [4.78, 5) is 0. The first kappa shape index (κ1) is 16.0. The maximum Gasteiger partial charge on any atom is 0.0649 e. The van der Waals surface area contributed by atoms with E-state index in [1.807, 2.05) is 14.2 Å². The Morgan fingerprint density at radius 2 is 1.78 bits per heavy atom. The van der Waals surface area contributed by atoms with Gasteiger partial charge in [0.15, 0.2) is 0 Å². The van der Waals surface area contributed by atoms with Crippen molar-refractivity contribution < 1.29 is 9.47 Å². The molecule has 18 heavy (non-hydrogen) atoms.